The normalized spacial score (nSPS) is 28.5. The Hall–Kier alpha value is -0.160. The number of rotatable bonds is 4. The summed E-state index contributed by atoms with van der Waals surface area (Å²) in [5, 5.41) is 9.91. The van der Waals surface area contributed by atoms with Gasteiger partial charge in [0.15, 0.2) is 0 Å². The van der Waals surface area contributed by atoms with Crippen molar-refractivity contribution in [3.05, 3.63) is 0 Å². The van der Waals surface area contributed by atoms with Crippen molar-refractivity contribution in [1.82, 2.24) is 9.80 Å². The Labute approximate surface area is 111 Å². The lowest BCUT2D eigenvalue weighted by Crippen LogP contribution is -2.47. The van der Waals surface area contributed by atoms with Crippen LogP contribution in [-0.2, 0) is 4.74 Å². The molecule has 0 bridgehead atoms. The Balaban J connectivity index is 1.75. The van der Waals surface area contributed by atoms with Gasteiger partial charge in [0.1, 0.15) is 0 Å². The maximum absolute atomic E-state index is 9.91. The van der Waals surface area contributed by atoms with Crippen LogP contribution in [0.5, 0.6) is 0 Å². The standard InChI is InChI=1S/C14H28N2O2/c1-14(2,17)12-16-5-3-4-13(11-16)10-15-6-8-18-9-7-15/h13,17H,3-12H2,1-2H3. The fraction of sp³-hybridized carbons (Fsp3) is 1.00. The second-order valence-electron chi connectivity index (χ2n) is 6.47. The zero-order chi connectivity index (χ0) is 13.0. The lowest BCUT2D eigenvalue weighted by Gasteiger charge is -2.38. The van der Waals surface area contributed by atoms with Crippen LogP contribution < -0.4 is 0 Å². The number of β-amino-alcohol motifs (C(OH)–C–C–N with tert-alkyl or cyclic N) is 1. The lowest BCUT2D eigenvalue weighted by atomic mass is 9.96. The van der Waals surface area contributed by atoms with Crippen molar-refractivity contribution in [2.45, 2.75) is 32.3 Å². The van der Waals surface area contributed by atoms with Gasteiger partial charge in [-0.2, -0.15) is 0 Å². The molecule has 4 heteroatoms. The van der Waals surface area contributed by atoms with Gasteiger partial charge in [0.05, 0.1) is 18.8 Å². The maximum atomic E-state index is 9.91. The van der Waals surface area contributed by atoms with Crippen molar-refractivity contribution in [2.24, 2.45) is 5.92 Å². The number of nitrogens with zero attached hydrogens (tertiary/aromatic N) is 2. The van der Waals surface area contributed by atoms with Gasteiger partial charge in [-0.25, -0.2) is 0 Å². The molecule has 2 aliphatic rings. The van der Waals surface area contributed by atoms with Crippen molar-refractivity contribution in [3.8, 4) is 0 Å². The van der Waals surface area contributed by atoms with Gasteiger partial charge in [0.2, 0.25) is 0 Å². The summed E-state index contributed by atoms with van der Waals surface area (Å²) >= 11 is 0. The lowest BCUT2D eigenvalue weighted by molar-refractivity contribution is 0.00402. The SMILES string of the molecule is CC(C)(O)CN1CCCC(CN2CCOCC2)C1. The monoisotopic (exact) mass is 256 g/mol. The number of hydrogen-bond acceptors (Lipinski definition) is 4. The second-order valence-corrected chi connectivity index (χ2v) is 6.47. The fourth-order valence-corrected chi connectivity index (χ4v) is 3.14. The van der Waals surface area contributed by atoms with Crippen LogP contribution in [0, 0.1) is 5.92 Å². The molecule has 2 saturated heterocycles. The molecule has 106 valence electrons. The summed E-state index contributed by atoms with van der Waals surface area (Å²) in [7, 11) is 0. The van der Waals surface area contributed by atoms with Gasteiger partial charge in [-0.3, -0.25) is 4.90 Å². The molecular formula is C14H28N2O2. The summed E-state index contributed by atoms with van der Waals surface area (Å²) in [6.07, 6.45) is 2.60. The van der Waals surface area contributed by atoms with E-state index in [0.717, 1.165) is 51.9 Å². The van der Waals surface area contributed by atoms with Crippen molar-refractivity contribution >= 4 is 0 Å². The highest BCUT2D eigenvalue weighted by atomic mass is 16.5. The molecule has 0 amide bonds. The minimum absolute atomic E-state index is 0.569. The number of morpholine rings is 1. The minimum atomic E-state index is -0.569. The predicted octanol–water partition coefficient (Wildman–Crippen LogP) is 0.802. The number of ether oxygens (including phenoxy) is 1. The number of aliphatic hydroxyl groups is 1. The molecule has 1 unspecified atom stereocenters. The van der Waals surface area contributed by atoms with E-state index in [0.29, 0.717) is 0 Å². The third kappa shape index (κ3) is 4.84. The van der Waals surface area contributed by atoms with Crippen molar-refractivity contribution in [2.75, 3.05) is 52.5 Å². The second kappa shape index (κ2) is 6.33. The molecule has 2 fully saturated rings. The molecule has 0 saturated carbocycles. The molecule has 2 rings (SSSR count). The first-order chi connectivity index (χ1) is 8.53. The highest BCUT2D eigenvalue weighted by Gasteiger charge is 2.26. The smallest absolute Gasteiger partial charge is 0.0718 e. The minimum Gasteiger partial charge on any atom is -0.389 e. The van der Waals surface area contributed by atoms with Crippen LogP contribution in [0.4, 0.5) is 0 Å². The molecule has 0 aromatic heterocycles. The molecule has 0 radical (unpaired) electrons. The number of hydrogen-bond donors (Lipinski definition) is 1. The zero-order valence-electron chi connectivity index (χ0n) is 11.9. The van der Waals surface area contributed by atoms with E-state index in [4.69, 9.17) is 4.74 Å². The Bertz CT molecular complexity index is 247. The van der Waals surface area contributed by atoms with Crippen LogP contribution in [0.2, 0.25) is 0 Å². The van der Waals surface area contributed by atoms with Crippen LogP contribution in [-0.4, -0.2) is 73.0 Å². The van der Waals surface area contributed by atoms with E-state index >= 15 is 0 Å². The largest absolute Gasteiger partial charge is 0.389 e. The summed E-state index contributed by atoms with van der Waals surface area (Å²) in [5.41, 5.74) is -0.569. The van der Waals surface area contributed by atoms with Gasteiger partial charge in [-0.1, -0.05) is 0 Å². The quantitative estimate of drug-likeness (QED) is 0.807. The average molecular weight is 256 g/mol. The van der Waals surface area contributed by atoms with Crippen LogP contribution >= 0.6 is 0 Å². The van der Waals surface area contributed by atoms with Crippen molar-refractivity contribution in [1.29, 1.82) is 0 Å². The third-order valence-electron chi connectivity index (χ3n) is 3.83. The van der Waals surface area contributed by atoms with E-state index in [9.17, 15) is 5.11 Å². The van der Waals surface area contributed by atoms with Gasteiger partial charge in [0, 0.05) is 32.7 Å². The van der Waals surface area contributed by atoms with E-state index in [-0.39, 0.29) is 0 Å². The first kappa shape index (κ1) is 14.3. The predicted molar refractivity (Wildman–Crippen MR) is 72.7 cm³/mol. The van der Waals surface area contributed by atoms with Gasteiger partial charge >= 0.3 is 0 Å². The fourth-order valence-electron chi connectivity index (χ4n) is 3.14. The summed E-state index contributed by atoms with van der Waals surface area (Å²) in [6.45, 7) is 12.0. The molecule has 2 aliphatic heterocycles. The highest BCUT2D eigenvalue weighted by molar-refractivity contribution is 4.80. The Morgan fingerprint density at radius 2 is 1.89 bits per heavy atom. The topological polar surface area (TPSA) is 35.9 Å². The van der Waals surface area contributed by atoms with E-state index in [1.807, 2.05) is 13.8 Å². The number of likely N-dealkylation sites (tertiary alicyclic amines) is 1. The van der Waals surface area contributed by atoms with Crippen LogP contribution in [0.15, 0.2) is 0 Å². The van der Waals surface area contributed by atoms with Crippen LogP contribution in [0.25, 0.3) is 0 Å². The summed E-state index contributed by atoms with van der Waals surface area (Å²) in [5.74, 6) is 0.763. The van der Waals surface area contributed by atoms with Crippen molar-refractivity contribution in [3.63, 3.8) is 0 Å². The molecule has 0 aromatic rings. The van der Waals surface area contributed by atoms with Gasteiger partial charge in [-0.15, -0.1) is 0 Å². The summed E-state index contributed by atoms with van der Waals surface area (Å²) in [6, 6.07) is 0. The average Bonchev–Trinajstić information content (AvgIpc) is 2.28. The molecule has 1 atom stereocenters. The summed E-state index contributed by atoms with van der Waals surface area (Å²) in [4.78, 5) is 4.95. The molecule has 18 heavy (non-hydrogen) atoms. The zero-order valence-corrected chi connectivity index (χ0v) is 11.9. The maximum Gasteiger partial charge on any atom is 0.0718 e. The van der Waals surface area contributed by atoms with E-state index in [2.05, 4.69) is 9.80 Å². The van der Waals surface area contributed by atoms with Crippen LogP contribution in [0.3, 0.4) is 0 Å². The molecule has 4 nitrogen and oxygen atoms in total. The molecule has 2 heterocycles. The van der Waals surface area contributed by atoms with E-state index < -0.39 is 5.60 Å². The molecule has 0 aromatic carbocycles. The van der Waals surface area contributed by atoms with Crippen LogP contribution in [0.1, 0.15) is 26.7 Å². The van der Waals surface area contributed by atoms with E-state index in [1.165, 1.54) is 19.4 Å². The molecule has 1 N–H and O–H groups in total. The first-order valence-electron chi connectivity index (χ1n) is 7.28. The Morgan fingerprint density at radius 1 is 1.17 bits per heavy atom. The molecule has 0 aliphatic carbocycles. The number of piperidine rings is 1. The highest BCUT2D eigenvalue weighted by Crippen LogP contribution is 2.20. The Morgan fingerprint density at radius 3 is 2.56 bits per heavy atom. The Kier molecular flexibility index (Phi) is 5.01. The molecular weight excluding hydrogens is 228 g/mol. The first-order valence-corrected chi connectivity index (χ1v) is 7.28. The summed E-state index contributed by atoms with van der Waals surface area (Å²) < 4.78 is 5.39. The molecule has 0 spiro atoms. The van der Waals surface area contributed by atoms with Crippen molar-refractivity contribution < 1.29 is 9.84 Å². The van der Waals surface area contributed by atoms with E-state index in [1.54, 1.807) is 0 Å². The van der Waals surface area contributed by atoms with Gasteiger partial charge in [-0.05, 0) is 39.2 Å². The third-order valence-corrected chi connectivity index (χ3v) is 3.83. The van der Waals surface area contributed by atoms with Gasteiger partial charge < -0.3 is 14.7 Å². The van der Waals surface area contributed by atoms with Gasteiger partial charge in [0.25, 0.3) is 0 Å².